The number of rotatable bonds is 5. The highest BCUT2D eigenvalue weighted by atomic mass is 35.5. The van der Waals surface area contributed by atoms with Crippen LogP contribution in [0.1, 0.15) is 16.7 Å². The number of hydrogen-bond acceptors (Lipinski definition) is 5. The molecular weight excluding hydrogens is 475 g/mol. The summed E-state index contributed by atoms with van der Waals surface area (Å²) in [6.45, 7) is 0. The molecule has 174 valence electrons. The lowest BCUT2D eigenvalue weighted by Gasteiger charge is -2.42. The van der Waals surface area contributed by atoms with Gasteiger partial charge in [-0.1, -0.05) is 47.5 Å². The third-order valence-electron chi connectivity index (χ3n) is 6.56. The fourth-order valence-electron chi connectivity index (χ4n) is 5.10. The molecule has 0 radical (unpaired) electrons. The molecule has 5 rings (SSSR count). The second-order valence-electron chi connectivity index (χ2n) is 8.42. The van der Waals surface area contributed by atoms with Crippen LogP contribution in [0.25, 0.3) is 0 Å². The Morgan fingerprint density at radius 1 is 1.09 bits per heavy atom. The minimum absolute atomic E-state index is 0.255. The molecule has 3 aromatic carbocycles. The van der Waals surface area contributed by atoms with Crippen molar-refractivity contribution in [2.75, 3.05) is 24.4 Å². The largest absolute Gasteiger partial charge is 0.497 e. The van der Waals surface area contributed by atoms with Gasteiger partial charge in [0.25, 0.3) is 5.91 Å². The van der Waals surface area contributed by atoms with Gasteiger partial charge in [0.2, 0.25) is 0 Å². The van der Waals surface area contributed by atoms with Gasteiger partial charge >= 0.3 is 5.97 Å². The van der Waals surface area contributed by atoms with Crippen LogP contribution >= 0.6 is 23.2 Å². The van der Waals surface area contributed by atoms with Crippen LogP contribution in [-0.4, -0.2) is 32.1 Å². The maximum absolute atomic E-state index is 13.9. The Morgan fingerprint density at radius 3 is 2.62 bits per heavy atom. The molecule has 0 saturated heterocycles. The van der Waals surface area contributed by atoms with E-state index in [0.717, 1.165) is 22.4 Å². The number of hydrogen-bond donors (Lipinski definition) is 1. The van der Waals surface area contributed by atoms with Crippen LogP contribution in [0.5, 0.6) is 5.75 Å². The van der Waals surface area contributed by atoms with Crippen LogP contribution < -0.4 is 15.0 Å². The number of amides is 1. The standard InChI is InChI=1S/C26H22Cl2N2O4/c1-33-19-8-6-16-11-23(24(31)34-2)30(22(16)13-19)26(14-15-4-3-5-17(27)10-15)20-9-7-18(28)12-21(20)29-25(26)32/h3-10,12-13,23H,11,14H2,1-2H3,(H,29,32). The van der Waals surface area contributed by atoms with E-state index in [2.05, 4.69) is 5.32 Å². The molecule has 0 saturated carbocycles. The molecule has 1 N–H and O–H groups in total. The van der Waals surface area contributed by atoms with Gasteiger partial charge in [-0.2, -0.15) is 0 Å². The van der Waals surface area contributed by atoms with E-state index in [1.54, 1.807) is 25.3 Å². The Morgan fingerprint density at radius 2 is 1.88 bits per heavy atom. The summed E-state index contributed by atoms with van der Waals surface area (Å²) >= 11 is 12.5. The van der Waals surface area contributed by atoms with Gasteiger partial charge in [0.1, 0.15) is 11.8 Å². The normalized spacial score (nSPS) is 20.5. The predicted molar refractivity (Wildman–Crippen MR) is 132 cm³/mol. The van der Waals surface area contributed by atoms with Crippen molar-refractivity contribution in [2.24, 2.45) is 0 Å². The summed E-state index contributed by atoms with van der Waals surface area (Å²) in [7, 11) is 2.94. The SMILES string of the molecule is COC(=O)C1Cc2ccc(OC)cc2N1C1(Cc2cccc(Cl)c2)C(=O)Nc2cc(Cl)ccc21. The Labute approximate surface area is 207 Å². The molecule has 2 atom stereocenters. The monoisotopic (exact) mass is 496 g/mol. The second kappa shape index (κ2) is 8.53. The molecule has 1 amide bonds. The van der Waals surface area contributed by atoms with E-state index in [4.69, 9.17) is 32.7 Å². The maximum Gasteiger partial charge on any atom is 0.328 e. The number of nitrogens with one attached hydrogen (secondary N) is 1. The van der Waals surface area contributed by atoms with E-state index in [1.807, 2.05) is 47.4 Å². The van der Waals surface area contributed by atoms with E-state index in [-0.39, 0.29) is 12.3 Å². The molecule has 0 bridgehead atoms. The van der Waals surface area contributed by atoms with Crippen molar-refractivity contribution in [3.63, 3.8) is 0 Å². The topological polar surface area (TPSA) is 67.9 Å². The van der Waals surface area contributed by atoms with Crippen molar-refractivity contribution in [1.29, 1.82) is 0 Å². The lowest BCUT2D eigenvalue weighted by atomic mass is 9.82. The molecule has 0 spiro atoms. The zero-order valence-corrected chi connectivity index (χ0v) is 20.1. The number of carbonyl (C=O) groups excluding carboxylic acids is 2. The summed E-state index contributed by atoms with van der Waals surface area (Å²) in [6.07, 6.45) is 0.678. The summed E-state index contributed by atoms with van der Waals surface area (Å²) in [4.78, 5) is 28.9. The van der Waals surface area contributed by atoms with Crippen molar-refractivity contribution in [3.8, 4) is 5.75 Å². The van der Waals surface area contributed by atoms with E-state index < -0.39 is 17.6 Å². The lowest BCUT2D eigenvalue weighted by molar-refractivity contribution is -0.142. The average Bonchev–Trinajstić information content (AvgIpc) is 3.33. The maximum atomic E-state index is 13.9. The van der Waals surface area contributed by atoms with Gasteiger partial charge in [-0.15, -0.1) is 0 Å². The lowest BCUT2D eigenvalue weighted by Crippen LogP contribution is -2.58. The van der Waals surface area contributed by atoms with Crippen LogP contribution in [0.15, 0.2) is 60.7 Å². The first-order valence-corrected chi connectivity index (χ1v) is 11.5. The molecule has 0 aliphatic carbocycles. The van der Waals surface area contributed by atoms with E-state index in [9.17, 15) is 9.59 Å². The summed E-state index contributed by atoms with van der Waals surface area (Å²) in [5, 5.41) is 4.07. The number of carbonyl (C=O) groups is 2. The van der Waals surface area contributed by atoms with Crippen molar-refractivity contribution >= 4 is 46.5 Å². The first-order valence-electron chi connectivity index (χ1n) is 10.8. The van der Waals surface area contributed by atoms with Crippen LogP contribution in [-0.2, 0) is 32.7 Å². The van der Waals surface area contributed by atoms with Crippen molar-refractivity contribution in [2.45, 2.75) is 24.4 Å². The molecule has 0 fully saturated rings. The fraction of sp³-hybridized carbons (Fsp3) is 0.231. The number of fused-ring (bicyclic) bond motifs is 2. The number of ether oxygens (including phenoxy) is 2. The third-order valence-corrected chi connectivity index (χ3v) is 7.03. The highest BCUT2D eigenvalue weighted by molar-refractivity contribution is 6.31. The summed E-state index contributed by atoms with van der Waals surface area (Å²) in [5.74, 6) is -0.0490. The molecule has 3 aromatic rings. The average molecular weight is 497 g/mol. The van der Waals surface area contributed by atoms with Gasteiger partial charge in [0, 0.05) is 45.9 Å². The molecule has 2 unspecified atom stereocenters. The van der Waals surface area contributed by atoms with Gasteiger partial charge in [-0.3, -0.25) is 4.79 Å². The van der Waals surface area contributed by atoms with Gasteiger partial charge in [0.05, 0.1) is 14.2 Å². The number of esters is 1. The molecule has 6 nitrogen and oxygen atoms in total. The smallest absolute Gasteiger partial charge is 0.328 e. The fourth-order valence-corrected chi connectivity index (χ4v) is 5.49. The quantitative estimate of drug-likeness (QED) is 0.503. The highest BCUT2D eigenvalue weighted by Crippen LogP contribution is 2.51. The molecule has 2 aliphatic heterocycles. The summed E-state index contributed by atoms with van der Waals surface area (Å²) in [6, 6.07) is 17.6. The summed E-state index contributed by atoms with van der Waals surface area (Å²) < 4.78 is 10.7. The predicted octanol–water partition coefficient (Wildman–Crippen LogP) is 5.00. The minimum atomic E-state index is -1.25. The number of halogens is 2. The molecule has 34 heavy (non-hydrogen) atoms. The number of nitrogens with zero attached hydrogens (tertiary/aromatic N) is 1. The van der Waals surface area contributed by atoms with Gasteiger partial charge in [0.15, 0.2) is 5.54 Å². The number of benzene rings is 3. The first kappa shape index (κ1) is 22.6. The zero-order valence-electron chi connectivity index (χ0n) is 18.6. The van der Waals surface area contributed by atoms with Crippen molar-refractivity contribution < 1.29 is 19.1 Å². The Kier molecular flexibility index (Phi) is 5.66. The Balaban J connectivity index is 1.78. The molecule has 2 heterocycles. The van der Waals surface area contributed by atoms with Crippen LogP contribution in [0.4, 0.5) is 11.4 Å². The van der Waals surface area contributed by atoms with Crippen LogP contribution in [0, 0.1) is 0 Å². The van der Waals surface area contributed by atoms with E-state index in [0.29, 0.717) is 27.9 Å². The number of methoxy groups -OCH3 is 2. The molecule has 0 aromatic heterocycles. The van der Waals surface area contributed by atoms with Crippen molar-refractivity contribution in [1.82, 2.24) is 0 Å². The first-order chi connectivity index (χ1) is 16.4. The van der Waals surface area contributed by atoms with E-state index >= 15 is 0 Å². The van der Waals surface area contributed by atoms with Crippen molar-refractivity contribution in [3.05, 3.63) is 87.4 Å². The van der Waals surface area contributed by atoms with Gasteiger partial charge in [-0.25, -0.2) is 4.79 Å². The van der Waals surface area contributed by atoms with Crippen LogP contribution in [0.2, 0.25) is 10.0 Å². The second-order valence-corrected chi connectivity index (χ2v) is 9.29. The molecule has 8 heteroatoms. The third kappa shape index (κ3) is 3.49. The van der Waals surface area contributed by atoms with Gasteiger partial charge in [-0.05, 0) is 41.5 Å². The van der Waals surface area contributed by atoms with E-state index in [1.165, 1.54) is 7.11 Å². The van der Waals surface area contributed by atoms with Crippen LogP contribution in [0.3, 0.4) is 0 Å². The molecule has 2 aliphatic rings. The Hall–Kier alpha value is -3.22. The van der Waals surface area contributed by atoms with Gasteiger partial charge < -0.3 is 19.7 Å². The molecular formula is C26H22Cl2N2O4. The highest BCUT2D eigenvalue weighted by Gasteiger charge is 2.57. The minimum Gasteiger partial charge on any atom is -0.497 e. The Bertz CT molecular complexity index is 1310. The number of anilines is 2. The summed E-state index contributed by atoms with van der Waals surface area (Å²) in [5.41, 5.74) is 2.61. The zero-order chi connectivity index (χ0) is 24.0.